The second kappa shape index (κ2) is 6.76. The van der Waals surface area contributed by atoms with Crippen LogP contribution in [-0.2, 0) is 13.1 Å². The van der Waals surface area contributed by atoms with Crippen molar-refractivity contribution in [2.24, 2.45) is 0 Å². The van der Waals surface area contributed by atoms with E-state index in [2.05, 4.69) is 20.9 Å². The lowest BCUT2D eigenvalue weighted by Crippen LogP contribution is -2.35. The number of carbonyl (C=O) groups is 1. The highest BCUT2D eigenvalue weighted by Crippen LogP contribution is 2.25. The molecule has 0 aliphatic carbocycles. The van der Waals surface area contributed by atoms with Gasteiger partial charge in [-0.15, -0.1) is 0 Å². The number of anilines is 1. The number of hydrogen-bond donors (Lipinski definition) is 0. The number of hydrogen-bond acceptors (Lipinski definition) is 5. The second-order valence-corrected chi connectivity index (χ2v) is 6.01. The van der Waals surface area contributed by atoms with Crippen LogP contribution in [0.3, 0.4) is 0 Å². The van der Waals surface area contributed by atoms with Crippen molar-refractivity contribution in [2.75, 3.05) is 18.0 Å². The fraction of sp³-hybridized carbons (Fsp3) is 0.211. The summed E-state index contributed by atoms with van der Waals surface area (Å²) in [5.41, 5.74) is 2.74. The molecule has 0 atom stereocenters. The quantitative estimate of drug-likeness (QED) is 0.737. The third-order valence-corrected chi connectivity index (χ3v) is 4.32. The van der Waals surface area contributed by atoms with Crippen LogP contribution in [0.25, 0.3) is 0 Å². The van der Waals surface area contributed by atoms with Crippen molar-refractivity contribution in [3.8, 4) is 0 Å². The van der Waals surface area contributed by atoms with E-state index in [1.165, 1.54) is 12.5 Å². The van der Waals surface area contributed by atoms with Crippen molar-refractivity contribution in [3.05, 3.63) is 78.1 Å². The molecular weight excluding hydrogens is 316 g/mol. The summed E-state index contributed by atoms with van der Waals surface area (Å²) in [6.07, 6.45) is 8.44. The summed E-state index contributed by atoms with van der Waals surface area (Å²) in [6.45, 7) is 2.59. The molecule has 1 aliphatic heterocycles. The predicted molar refractivity (Wildman–Crippen MR) is 93.0 cm³/mol. The molecule has 0 saturated carbocycles. The van der Waals surface area contributed by atoms with Crippen molar-refractivity contribution in [2.45, 2.75) is 13.1 Å². The van der Waals surface area contributed by atoms with Gasteiger partial charge in [0, 0.05) is 50.3 Å². The molecule has 126 valence electrons. The number of carbonyl (C=O) groups excluding carboxylic acids is 1. The molecular formula is C19H18N4O2. The van der Waals surface area contributed by atoms with Gasteiger partial charge in [-0.25, -0.2) is 4.98 Å². The van der Waals surface area contributed by atoms with Crippen molar-refractivity contribution in [1.29, 1.82) is 0 Å². The Hall–Kier alpha value is -3.15. The number of aromatic nitrogens is 2. The van der Waals surface area contributed by atoms with Crippen LogP contribution < -0.4 is 4.90 Å². The third kappa shape index (κ3) is 3.24. The van der Waals surface area contributed by atoms with Crippen molar-refractivity contribution in [3.63, 3.8) is 0 Å². The van der Waals surface area contributed by atoms with Gasteiger partial charge in [-0.3, -0.25) is 9.78 Å². The molecule has 0 aromatic carbocycles. The average molecular weight is 334 g/mol. The molecule has 3 aromatic rings. The minimum atomic E-state index is -0.0215. The minimum absolute atomic E-state index is 0.0215. The van der Waals surface area contributed by atoms with Crippen LogP contribution in [0.1, 0.15) is 21.5 Å². The molecule has 6 heteroatoms. The predicted octanol–water partition coefficient (Wildman–Crippen LogP) is 2.73. The number of nitrogens with zero attached hydrogens (tertiary/aromatic N) is 4. The zero-order valence-corrected chi connectivity index (χ0v) is 13.7. The Kier molecular flexibility index (Phi) is 4.16. The SMILES string of the molecule is O=C(c1ccoc1)N1CCN(Cc2cccnc2)c2ncccc2C1. The van der Waals surface area contributed by atoms with E-state index in [9.17, 15) is 4.79 Å². The lowest BCUT2D eigenvalue weighted by Gasteiger charge is -2.23. The summed E-state index contributed by atoms with van der Waals surface area (Å²) >= 11 is 0. The fourth-order valence-electron chi connectivity index (χ4n) is 3.08. The first-order valence-corrected chi connectivity index (χ1v) is 8.20. The number of fused-ring (bicyclic) bond motifs is 1. The molecule has 0 N–H and O–H groups in total. The molecule has 3 aromatic heterocycles. The van der Waals surface area contributed by atoms with Crippen molar-refractivity contribution < 1.29 is 9.21 Å². The summed E-state index contributed by atoms with van der Waals surface area (Å²) in [6, 6.07) is 9.62. The molecule has 0 radical (unpaired) electrons. The third-order valence-electron chi connectivity index (χ3n) is 4.32. The fourth-order valence-corrected chi connectivity index (χ4v) is 3.08. The zero-order chi connectivity index (χ0) is 17.1. The Labute approximate surface area is 145 Å². The van der Waals surface area contributed by atoms with E-state index in [-0.39, 0.29) is 5.91 Å². The molecule has 0 fully saturated rings. The normalized spacial score (nSPS) is 14.1. The van der Waals surface area contributed by atoms with Crippen LogP contribution in [-0.4, -0.2) is 33.9 Å². The van der Waals surface area contributed by atoms with E-state index in [4.69, 9.17) is 4.42 Å². The molecule has 1 amide bonds. The van der Waals surface area contributed by atoms with E-state index in [1.54, 1.807) is 18.5 Å². The van der Waals surface area contributed by atoms with Gasteiger partial charge in [0.25, 0.3) is 5.91 Å². The highest BCUT2D eigenvalue weighted by Gasteiger charge is 2.25. The molecule has 0 spiro atoms. The van der Waals surface area contributed by atoms with Gasteiger partial charge in [-0.05, 0) is 23.8 Å². The monoisotopic (exact) mass is 334 g/mol. The molecule has 25 heavy (non-hydrogen) atoms. The molecule has 6 nitrogen and oxygen atoms in total. The van der Waals surface area contributed by atoms with Gasteiger partial charge in [0.2, 0.25) is 0 Å². The Bertz CT molecular complexity index is 849. The molecule has 4 rings (SSSR count). The first-order chi connectivity index (χ1) is 12.3. The van der Waals surface area contributed by atoms with Crippen molar-refractivity contribution in [1.82, 2.24) is 14.9 Å². The Morgan fingerprint density at radius 3 is 2.88 bits per heavy atom. The van der Waals surface area contributed by atoms with E-state index in [0.29, 0.717) is 31.7 Å². The van der Waals surface area contributed by atoms with Crippen LogP contribution in [0.15, 0.2) is 65.9 Å². The molecule has 0 unspecified atom stereocenters. The molecule has 0 saturated heterocycles. The Morgan fingerprint density at radius 2 is 2.08 bits per heavy atom. The highest BCUT2D eigenvalue weighted by molar-refractivity contribution is 5.94. The highest BCUT2D eigenvalue weighted by atomic mass is 16.3. The number of amides is 1. The van der Waals surface area contributed by atoms with Gasteiger partial charge in [0.1, 0.15) is 12.1 Å². The van der Waals surface area contributed by atoms with Crippen molar-refractivity contribution >= 4 is 11.7 Å². The van der Waals surface area contributed by atoms with Gasteiger partial charge < -0.3 is 14.2 Å². The topological polar surface area (TPSA) is 62.5 Å². The van der Waals surface area contributed by atoms with E-state index >= 15 is 0 Å². The maximum absolute atomic E-state index is 12.7. The summed E-state index contributed by atoms with van der Waals surface area (Å²) in [4.78, 5) is 25.5. The maximum Gasteiger partial charge on any atom is 0.257 e. The van der Waals surface area contributed by atoms with Crippen LogP contribution in [0.5, 0.6) is 0 Å². The van der Waals surface area contributed by atoms with E-state index < -0.39 is 0 Å². The standard InChI is InChI=1S/C19H18N4O2/c24-19(17-5-10-25-14-17)23-9-8-22(12-15-3-1-6-20-11-15)18-16(13-23)4-2-7-21-18/h1-7,10-11,14H,8-9,12-13H2. The number of pyridine rings is 2. The summed E-state index contributed by atoms with van der Waals surface area (Å²) in [5.74, 6) is 0.903. The molecule has 1 aliphatic rings. The molecule has 0 bridgehead atoms. The summed E-state index contributed by atoms with van der Waals surface area (Å²) < 4.78 is 5.05. The van der Waals surface area contributed by atoms with Crippen LogP contribution in [0.4, 0.5) is 5.82 Å². The first-order valence-electron chi connectivity index (χ1n) is 8.20. The largest absolute Gasteiger partial charge is 0.472 e. The minimum Gasteiger partial charge on any atom is -0.472 e. The Morgan fingerprint density at radius 1 is 1.16 bits per heavy atom. The van der Waals surface area contributed by atoms with Gasteiger partial charge >= 0.3 is 0 Å². The van der Waals surface area contributed by atoms with Gasteiger partial charge in [0.15, 0.2) is 0 Å². The number of furan rings is 1. The van der Waals surface area contributed by atoms with Gasteiger partial charge in [0.05, 0.1) is 11.8 Å². The lowest BCUT2D eigenvalue weighted by atomic mass is 10.2. The van der Waals surface area contributed by atoms with Crippen LogP contribution in [0.2, 0.25) is 0 Å². The van der Waals surface area contributed by atoms with E-state index in [0.717, 1.165) is 16.9 Å². The van der Waals surface area contributed by atoms with Crippen LogP contribution in [0, 0.1) is 0 Å². The second-order valence-electron chi connectivity index (χ2n) is 6.01. The van der Waals surface area contributed by atoms with Gasteiger partial charge in [-0.2, -0.15) is 0 Å². The summed E-state index contributed by atoms with van der Waals surface area (Å²) in [7, 11) is 0. The molecule has 4 heterocycles. The lowest BCUT2D eigenvalue weighted by molar-refractivity contribution is 0.0750. The maximum atomic E-state index is 12.7. The van der Waals surface area contributed by atoms with Crippen LogP contribution >= 0.6 is 0 Å². The zero-order valence-electron chi connectivity index (χ0n) is 13.7. The van der Waals surface area contributed by atoms with E-state index in [1.807, 2.05) is 29.3 Å². The Balaban J connectivity index is 1.61. The average Bonchev–Trinajstić information content (AvgIpc) is 3.13. The smallest absolute Gasteiger partial charge is 0.257 e. The van der Waals surface area contributed by atoms with Gasteiger partial charge in [-0.1, -0.05) is 12.1 Å². The summed E-state index contributed by atoms with van der Waals surface area (Å²) in [5, 5.41) is 0. The number of rotatable bonds is 3. The first kappa shape index (κ1) is 15.4.